The Morgan fingerprint density at radius 2 is 1.95 bits per heavy atom. The van der Waals surface area contributed by atoms with Gasteiger partial charge in [0.25, 0.3) is 5.91 Å². The van der Waals surface area contributed by atoms with Crippen LogP contribution in [0.4, 0.5) is 5.69 Å². The molecule has 0 saturated heterocycles. The van der Waals surface area contributed by atoms with Crippen LogP contribution in [0.25, 0.3) is 0 Å². The number of phenolic OH excluding ortho intramolecular Hbond substituents is 1. The van der Waals surface area contributed by atoms with Gasteiger partial charge in [0.2, 0.25) is 0 Å². The van der Waals surface area contributed by atoms with Gasteiger partial charge in [-0.3, -0.25) is 4.79 Å². The fourth-order valence-corrected chi connectivity index (χ4v) is 2.31. The number of pyridine rings is 1. The predicted molar refractivity (Wildman–Crippen MR) is 78.0 cm³/mol. The Bertz CT molecular complexity index is 626. The van der Waals surface area contributed by atoms with E-state index in [4.69, 9.17) is 23.2 Å². The van der Waals surface area contributed by atoms with Crippen molar-refractivity contribution in [1.82, 2.24) is 4.98 Å². The Morgan fingerprint density at radius 1 is 1.32 bits per heavy atom. The number of nitrogens with zero attached hydrogens (tertiary/aromatic N) is 1. The molecule has 19 heavy (non-hydrogen) atoms. The third kappa shape index (κ3) is 3.18. The van der Waals surface area contributed by atoms with Crippen molar-refractivity contribution in [2.24, 2.45) is 0 Å². The molecule has 2 rings (SSSR count). The van der Waals surface area contributed by atoms with Crippen LogP contribution in [0.5, 0.6) is 5.75 Å². The van der Waals surface area contributed by atoms with Gasteiger partial charge in [0, 0.05) is 11.9 Å². The number of aromatic nitrogens is 1. The van der Waals surface area contributed by atoms with Crippen molar-refractivity contribution in [3.8, 4) is 5.75 Å². The number of carbonyl (C=O) groups is 1. The van der Waals surface area contributed by atoms with Gasteiger partial charge in [0.1, 0.15) is 4.60 Å². The fourth-order valence-electron chi connectivity index (χ4n) is 1.39. The molecular formula is C12H7BrCl2N2O2. The minimum absolute atomic E-state index is 0.0630. The van der Waals surface area contributed by atoms with Crippen LogP contribution >= 0.6 is 39.1 Å². The molecule has 98 valence electrons. The number of halogens is 3. The summed E-state index contributed by atoms with van der Waals surface area (Å²) in [4.78, 5) is 16.0. The van der Waals surface area contributed by atoms with E-state index in [1.54, 1.807) is 18.3 Å². The number of carbonyl (C=O) groups excluding carboxylic acids is 1. The molecular weight excluding hydrogens is 355 g/mol. The number of hydrogen-bond acceptors (Lipinski definition) is 3. The van der Waals surface area contributed by atoms with E-state index in [2.05, 4.69) is 26.2 Å². The predicted octanol–water partition coefficient (Wildman–Crippen LogP) is 4.11. The summed E-state index contributed by atoms with van der Waals surface area (Å²) in [6.07, 6.45) is 1.56. The molecule has 0 spiro atoms. The highest BCUT2D eigenvalue weighted by atomic mass is 79.9. The SMILES string of the molecule is O=C(Nc1cc(Cl)c(O)c(Cl)c1)c1cccnc1Br. The number of hydrogen-bond donors (Lipinski definition) is 2. The zero-order valence-corrected chi connectivity index (χ0v) is 12.4. The Morgan fingerprint density at radius 3 is 2.53 bits per heavy atom. The van der Waals surface area contributed by atoms with E-state index < -0.39 is 0 Å². The molecule has 1 aromatic heterocycles. The third-order valence-corrected chi connectivity index (χ3v) is 3.49. The first-order valence-electron chi connectivity index (χ1n) is 5.09. The van der Waals surface area contributed by atoms with Crippen LogP contribution in [0.15, 0.2) is 35.1 Å². The Balaban J connectivity index is 2.27. The molecule has 0 fully saturated rings. The van der Waals surface area contributed by atoms with Gasteiger partial charge in [0.15, 0.2) is 5.75 Å². The summed E-state index contributed by atoms with van der Waals surface area (Å²) in [5.74, 6) is -0.582. The summed E-state index contributed by atoms with van der Waals surface area (Å²) in [5.41, 5.74) is 0.761. The number of phenols is 1. The average molecular weight is 362 g/mol. The molecule has 0 bridgehead atoms. The van der Waals surface area contributed by atoms with E-state index in [0.29, 0.717) is 15.9 Å². The van der Waals surface area contributed by atoms with Crippen LogP contribution in [0.3, 0.4) is 0 Å². The highest BCUT2D eigenvalue weighted by molar-refractivity contribution is 9.10. The van der Waals surface area contributed by atoms with Gasteiger partial charge in [-0.1, -0.05) is 23.2 Å². The molecule has 0 aliphatic carbocycles. The first-order valence-corrected chi connectivity index (χ1v) is 6.64. The highest BCUT2D eigenvalue weighted by Crippen LogP contribution is 2.34. The molecule has 0 saturated carbocycles. The van der Waals surface area contributed by atoms with Crippen LogP contribution in [0.1, 0.15) is 10.4 Å². The summed E-state index contributed by atoms with van der Waals surface area (Å²) >= 11 is 14.7. The molecule has 1 aromatic carbocycles. The second-order valence-electron chi connectivity index (χ2n) is 3.58. The Labute approximate surface area is 127 Å². The number of amides is 1. The summed E-state index contributed by atoms with van der Waals surface area (Å²) in [6, 6.07) is 6.09. The smallest absolute Gasteiger partial charge is 0.258 e. The average Bonchev–Trinajstić information content (AvgIpc) is 2.36. The van der Waals surface area contributed by atoms with E-state index in [-0.39, 0.29) is 21.7 Å². The van der Waals surface area contributed by atoms with Crippen LogP contribution in [0.2, 0.25) is 10.0 Å². The van der Waals surface area contributed by atoms with E-state index >= 15 is 0 Å². The lowest BCUT2D eigenvalue weighted by atomic mass is 10.2. The van der Waals surface area contributed by atoms with Crippen molar-refractivity contribution in [1.29, 1.82) is 0 Å². The Hall–Kier alpha value is -1.30. The normalized spacial score (nSPS) is 10.3. The molecule has 0 aliphatic rings. The second kappa shape index (κ2) is 5.77. The van der Waals surface area contributed by atoms with Crippen molar-refractivity contribution in [2.75, 3.05) is 5.32 Å². The standard InChI is InChI=1S/C12H7BrCl2N2O2/c13-11-7(2-1-3-16-11)12(19)17-6-4-8(14)10(18)9(15)5-6/h1-5,18H,(H,17,19). The van der Waals surface area contributed by atoms with Crippen molar-refractivity contribution in [2.45, 2.75) is 0 Å². The quantitative estimate of drug-likeness (QED) is 0.625. The lowest BCUT2D eigenvalue weighted by Gasteiger charge is -2.08. The van der Waals surface area contributed by atoms with Gasteiger partial charge >= 0.3 is 0 Å². The van der Waals surface area contributed by atoms with E-state index in [0.717, 1.165) is 0 Å². The van der Waals surface area contributed by atoms with Crippen LogP contribution in [-0.2, 0) is 0 Å². The maximum absolute atomic E-state index is 12.0. The molecule has 1 heterocycles. The fraction of sp³-hybridized carbons (Fsp3) is 0. The van der Waals surface area contributed by atoms with Crippen LogP contribution < -0.4 is 5.32 Å². The van der Waals surface area contributed by atoms with Crippen LogP contribution in [0, 0.1) is 0 Å². The highest BCUT2D eigenvalue weighted by Gasteiger charge is 2.13. The number of benzene rings is 1. The summed E-state index contributed by atoms with van der Waals surface area (Å²) in [5, 5.41) is 12.2. The first kappa shape index (κ1) is 14.1. The lowest BCUT2D eigenvalue weighted by molar-refractivity contribution is 0.102. The van der Waals surface area contributed by atoms with Crippen molar-refractivity contribution in [3.05, 3.63) is 50.7 Å². The lowest BCUT2D eigenvalue weighted by Crippen LogP contribution is -2.13. The van der Waals surface area contributed by atoms with E-state index in [9.17, 15) is 9.90 Å². The molecule has 7 heteroatoms. The Kier molecular flexibility index (Phi) is 4.29. The molecule has 2 aromatic rings. The monoisotopic (exact) mass is 360 g/mol. The number of aromatic hydroxyl groups is 1. The van der Waals surface area contributed by atoms with Gasteiger partial charge in [-0.2, -0.15) is 0 Å². The van der Waals surface area contributed by atoms with Gasteiger partial charge < -0.3 is 10.4 Å². The maximum atomic E-state index is 12.0. The van der Waals surface area contributed by atoms with Gasteiger partial charge in [-0.25, -0.2) is 4.98 Å². The first-order chi connectivity index (χ1) is 8.99. The molecule has 0 atom stereocenters. The molecule has 4 nitrogen and oxygen atoms in total. The van der Waals surface area contributed by atoms with Gasteiger partial charge in [-0.05, 0) is 40.2 Å². The summed E-state index contributed by atoms with van der Waals surface area (Å²) in [6.45, 7) is 0. The second-order valence-corrected chi connectivity index (χ2v) is 5.15. The van der Waals surface area contributed by atoms with Crippen molar-refractivity contribution >= 4 is 50.7 Å². The third-order valence-electron chi connectivity index (χ3n) is 2.28. The zero-order valence-electron chi connectivity index (χ0n) is 9.32. The minimum Gasteiger partial charge on any atom is -0.505 e. The molecule has 0 radical (unpaired) electrons. The van der Waals surface area contributed by atoms with E-state index in [1.807, 2.05) is 0 Å². The van der Waals surface area contributed by atoms with Crippen molar-refractivity contribution in [3.63, 3.8) is 0 Å². The molecule has 0 aliphatic heterocycles. The van der Waals surface area contributed by atoms with E-state index in [1.165, 1.54) is 12.1 Å². The van der Waals surface area contributed by atoms with Crippen molar-refractivity contribution < 1.29 is 9.90 Å². The summed E-state index contributed by atoms with van der Waals surface area (Å²) in [7, 11) is 0. The zero-order chi connectivity index (χ0) is 14.0. The molecule has 0 unspecified atom stereocenters. The molecule has 1 amide bonds. The van der Waals surface area contributed by atoms with Crippen LogP contribution in [-0.4, -0.2) is 16.0 Å². The summed E-state index contributed by atoms with van der Waals surface area (Å²) < 4.78 is 0.434. The molecule has 2 N–H and O–H groups in total. The number of rotatable bonds is 2. The minimum atomic E-state index is -0.363. The number of nitrogens with one attached hydrogen (secondary N) is 1. The topological polar surface area (TPSA) is 62.2 Å². The number of anilines is 1. The van der Waals surface area contributed by atoms with Gasteiger partial charge in [-0.15, -0.1) is 0 Å². The largest absolute Gasteiger partial charge is 0.505 e. The van der Waals surface area contributed by atoms with Gasteiger partial charge in [0.05, 0.1) is 15.6 Å². The maximum Gasteiger partial charge on any atom is 0.258 e.